The summed E-state index contributed by atoms with van der Waals surface area (Å²) in [6.45, 7) is 5.49. The van der Waals surface area contributed by atoms with E-state index in [9.17, 15) is 0 Å². The molecule has 20 heavy (non-hydrogen) atoms. The van der Waals surface area contributed by atoms with Crippen LogP contribution in [0, 0.1) is 6.92 Å². The highest BCUT2D eigenvalue weighted by Gasteiger charge is 2.10. The largest absolute Gasteiger partial charge is 0.487 e. The third-order valence-corrected chi connectivity index (χ3v) is 4.45. The van der Waals surface area contributed by atoms with Gasteiger partial charge in [-0.3, -0.25) is 0 Å². The second-order valence-electron chi connectivity index (χ2n) is 4.62. The Hall–Kier alpha value is -0.910. The van der Waals surface area contributed by atoms with Crippen LogP contribution in [0.25, 0.3) is 0 Å². The van der Waals surface area contributed by atoms with E-state index in [2.05, 4.69) is 57.6 Å². The van der Waals surface area contributed by atoms with E-state index in [1.54, 1.807) is 11.3 Å². The number of nitrogens with zero attached hydrogens (tertiary/aromatic N) is 1. The van der Waals surface area contributed by atoms with Gasteiger partial charge in [-0.25, -0.2) is 4.98 Å². The maximum absolute atomic E-state index is 6.00. The molecule has 0 spiro atoms. The van der Waals surface area contributed by atoms with Gasteiger partial charge in [-0.05, 0) is 38.1 Å². The molecule has 0 amide bonds. The van der Waals surface area contributed by atoms with Gasteiger partial charge in [-0.15, -0.1) is 11.3 Å². The zero-order chi connectivity index (χ0) is 14.5. The first-order valence-electron chi connectivity index (χ1n) is 6.63. The van der Waals surface area contributed by atoms with Gasteiger partial charge < -0.3 is 10.1 Å². The average molecular weight is 355 g/mol. The maximum atomic E-state index is 6.00. The van der Waals surface area contributed by atoms with Crippen LogP contribution in [0.2, 0.25) is 0 Å². The highest BCUT2D eigenvalue weighted by molar-refractivity contribution is 9.10. The molecule has 2 aromatic rings. The van der Waals surface area contributed by atoms with Crippen LogP contribution in [0.5, 0.6) is 5.75 Å². The lowest BCUT2D eigenvalue weighted by Crippen LogP contribution is -2.09. The fraction of sp³-hybridized carbons (Fsp3) is 0.400. The molecular formula is C15H19BrN2OS. The van der Waals surface area contributed by atoms with Gasteiger partial charge in [0.1, 0.15) is 12.4 Å². The zero-order valence-corrected chi connectivity index (χ0v) is 14.4. The summed E-state index contributed by atoms with van der Waals surface area (Å²) in [5, 5.41) is 6.41. The topological polar surface area (TPSA) is 34.1 Å². The van der Waals surface area contributed by atoms with Crippen molar-refractivity contribution in [2.75, 3.05) is 7.05 Å². The van der Waals surface area contributed by atoms with Crippen LogP contribution in [-0.4, -0.2) is 12.0 Å². The fourth-order valence-electron chi connectivity index (χ4n) is 2.05. The Morgan fingerprint density at radius 2 is 2.20 bits per heavy atom. The van der Waals surface area contributed by atoms with E-state index in [0.29, 0.717) is 6.61 Å². The summed E-state index contributed by atoms with van der Waals surface area (Å²) in [5.41, 5.74) is 3.30. The monoisotopic (exact) mass is 354 g/mol. The van der Waals surface area contributed by atoms with Crippen LogP contribution in [0.4, 0.5) is 0 Å². The average Bonchev–Trinajstić information content (AvgIpc) is 2.86. The van der Waals surface area contributed by atoms with Crippen molar-refractivity contribution in [3.05, 3.63) is 43.8 Å². The summed E-state index contributed by atoms with van der Waals surface area (Å²) >= 11 is 5.23. The Morgan fingerprint density at radius 3 is 2.85 bits per heavy atom. The molecule has 2 rings (SSSR count). The van der Waals surface area contributed by atoms with Gasteiger partial charge >= 0.3 is 0 Å². The van der Waals surface area contributed by atoms with Crippen molar-refractivity contribution in [1.29, 1.82) is 0 Å². The van der Waals surface area contributed by atoms with Crippen LogP contribution in [0.15, 0.2) is 22.0 Å². The molecule has 0 fully saturated rings. The van der Waals surface area contributed by atoms with Crippen molar-refractivity contribution in [3.63, 3.8) is 0 Å². The van der Waals surface area contributed by atoms with Gasteiger partial charge in [0, 0.05) is 22.0 Å². The highest BCUT2D eigenvalue weighted by atomic mass is 79.9. The van der Waals surface area contributed by atoms with Crippen molar-refractivity contribution >= 4 is 27.3 Å². The third kappa shape index (κ3) is 3.81. The van der Waals surface area contributed by atoms with Crippen LogP contribution in [-0.2, 0) is 19.6 Å². The predicted octanol–water partition coefficient (Wildman–Crippen LogP) is 4.07. The normalized spacial score (nSPS) is 10.8. The molecule has 1 N–H and O–H groups in total. The smallest absolute Gasteiger partial charge is 0.131 e. The fourth-order valence-corrected chi connectivity index (χ4v) is 3.40. The number of hydrogen-bond acceptors (Lipinski definition) is 4. The molecule has 108 valence electrons. The summed E-state index contributed by atoms with van der Waals surface area (Å²) in [4.78, 5) is 4.54. The number of benzene rings is 1. The Morgan fingerprint density at radius 1 is 1.40 bits per heavy atom. The number of aromatic nitrogens is 1. The lowest BCUT2D eigenvalue weighted by Gasteiger charge is -2.14. The number of rotatable bonds is 6. The molecule has 0 aliphatic carbocycles. The molecule has 1 heterocycles. The van der Waals surface area contributed by atoms with Crippen molar-refractivity contribution in [2.45, 2.75) is 33.4 Å². The van der Waals surface area contributed by atoms with Gasteiger partial charge in [0.25, 0.3) is 0 Å². The van der Waals surface area contributed by atoms with Crippen molar-refractivity contribution in [3.8, 4) is 5.75 Å². The number of aryl methyl sites for hydroxylation is 2. The molecule has 0 radical (unpaired) electrons. The molecule has 1 aromatic carbocycles. The van der Waals surface area contributed by atoms with E-state index in [1.807, 2.05) is 7.05 Å². The standard InChI is InChI=1S/C15H19BrN2OS/c1-4-14-18-13(9-20-14)8-19-15-10(2)5-12(16)6-11(15)7-17-3/h5-6,9,17H,4,7-8H2,1-3H3. The molecule has 0 saturated carbocycles. The molecule has 5 heteroatoms. The molecule has 0 atom stereocenters. The first-order valence-corrected chi connectivity index (χ1v) is 8.31. The number of ether oxygens (including phenoxy) is 1. The van der Waals surface area contributed by atoms with Gasteiger partial charge in [-0.1, -0.05) is 22.9 Å². The summed E-state index contributed by atoms with van der Waals surface area (Å²) < 4.78 is 7.08. The van der Waals surface area contributed by atoms with Gasteiger partial charge in [-0.2, -0.15) is 0 Å². The van der Waals surface area contributed by atoms with Crippen LogP contribution in [0.3, 0.4) is 0 Å². The summed E-state index contributed by atoms with van der Waals surface area (Å²) in [5.74, 6) is 0.952. The summed E-state index contributed by atoms with van der Waals surface area (Å²) in [6.07, 6.45) is 0.979. The van der Waals surface area contributed by atoms with Gasteiger partial charge in [0.15, 0.2) is 0 Å². The van der Waals surface area contributed by atoms with E-state index in [-0.39, 0.29) is 0 Å². The lowest BCUT2D eigenvalue weighted by atomic mass is 10.1. The van der Waals surface area contributed by atoms with E-state index >= 15 is 0 Å². The second kappa shape index (κ2) is 7.20. The summed E-state index contributed by atoms with van der Waals surface area (Å²) in [6, 6.07) is 4.17. The van der Waals surface area contributed by atoms with E-state index < -0.39 is 0 Å². The van der Waals surface area contributed by atoms with E-state index in [4.69, 9.17) is 4.74 Å². The number of thiazole rings is 1. The van der Waals surface area contributed by atoms with Crippen LogP contribution >= 0.6 is 27.3 Å². The quantitative estimate of drug-likeness (QED) is 0.848. The van der Waals surface area contributed by atoms with E-state index in [0.717, 1.165) is 45.0 Å². The molecule has 0 saturated heterocycles. The lowest BCUT2D eigenvalue weighted by molar-refractivity contribution is 0.296. The van der Waals surface area contributed by atoms with Gasteiger partial charge in [0.2, 0.25) is 0 Å². The molecule has 0 aliphatic heterocycles. The van der Waals surface area contributed by atoms with Crippen molar-refractivity contribution < 1.29 is 4.74 Å². The summed E-state index contributed by atoms with van der Waals surface area (Å²) in [7, 11) is 1.94. The first-order chi connectivity index (χ1) is 9.63. The Kier molecular flexibility index (Phi) is 5.57. The minimum atomic E-state index is 0.523. The number of hydrogen-bond donors (Lipinski definition) is 1. The third-order valence-electron chi connectivity index (χ3n) is 2.95. The van der Waals surface area contributed by atoms with Gasteiger partial charge in [0.05, 0.1) is 10.7 Å². The maximum Gasteiger partial charge on any atom is 0.131 e. The molecular weight excluding hydrogens is 336 g/mol. The number of nitrogens with one attached hydrogen (secondary N) is 1. The van der Waals surface area contributed by atoms with Crippen molar-refractivity contribution in [1.82, 2.24) is 10.3 Å². The highest BCUT2D eigenvalue weighted by Crippen LogP contribution is 2.29. The molecule has 1 aromatic heterocycles. The Bertz CT molecular complexity index is 583. The predicted molar refractivity (Wildman–Crippen MR) is 87.5 cm³/mol. The van der Waals surface area contributed by atoms with Crippen LogP contribution in [0.1, 0.15) is 28.8 Å². The zero-order valence-electron chi connectivity index (χ0n) is 12.0. The molecule has 0 aliphatic rings. The SMILES string of the molecule is CCc1nc(COc2c(C)cc(Br)cc2CNC)cs1. The van der Waals surface area contributed by atoms with E-state index in [1.165, 1.54) is 0 Å². The molecule has 0 unspecified atom stereocenters. The first kappa shape index (κ1) is 15.5. The number of halogens is 1. The minimum absolute atomic E-state index is 0.523. The Labute approximate surface area is 132 Å². The molecule has 0 bridgehead atoms. The second-order valence-corrected chi connectivity index (χ2v) is 6.47. The molecule has 3 nitrogen and oxygen atoms in total. The van der Waals surface area contributed by atoms with Crippen molar-refractivity contribution in [2.24, 2.45) is 0 Å². The minimum Gasteiger partial charge on any atom is -0.487 e. The van der Waals surface area contributed by atoms with Crippen LogP contribution < -0.4 is 10.1 Å². The Balaban J connectivity index is 2.15.